The Balaban J connectivity index is 1.63. The molecule has 0 bridgehead atoms. The van der Waals surface area contributed by atoms with Gasteiger partial charge in [-0.2, -0.15) is 0 Å². The van der Waals surface area contributed by atoms with Crippen molar-refractivity contribution in [1.29, 1.82) is 0 Å². The summed E-state index contributed by atoms with van der Waals surface area (Å²) in [4.78, 5) is 28.9. The van der Waals surface area contributed by atoms with Crippen molar-refractivity contribution in [3.63, 3.8) is 0 Å². The predicted molar refractivity (Wildman–Crippen MR) is 137 cm³/mol. The molecule has 1 N–H and O–H groups in total. The van der Waals surface area contributed by atoms with Gasteiger partial charge in [0.1, 0.15) is 12.4 Å². The number of benzene rings is 3. The quantitative estimate of drug-likeness (QED) is 0.276. The third-order valence-corrected chi connectivity index (χ3v) is 6.41. The smallest absolute Gasteiger partial charge is 0.295 e. The minimum Gasteiger partial charge on any atom is -0.872 e. The van der Waals surface area contributed by atoms with E-state index in [1.807, 2.05) is 44.4 Å². The number of nitrogens with one attached hydrogen (secondary N) is 1. The molecule has 3 aromatic rings. The molecule has 0 radical (unpaired) electrons. The Bertz CT molecular complexity index is 1240. The van der Waals surface area contributed by atoms with Crippen LogP contribution in [-0.4, -0.2) is 43.8 Å². The lowest BCUT2D eigenvalue weighted by molar-refractivity contribution is -0.858. The number of likely N-dealkylation sites (tertiary alicyclic amines) is 1. The van der Waals surface area contributed by atoms with E-state index in [1.165, 1.54) is 9.80 Å². The molecule has 0 aromatic heterocycles. The van der Waals surface area contributed by atoms with E-state index in [9.17, 15) is 14.7 Å². The zero-order valence-corrected chi connectivity index (χ0v) is 21.1. The van der Waals surface area contributed by atoms with Crippen molar-refractivity contribution in [3.8, 4) is 5.75 Å². The van der Waals surface area contributed by atoms with Crippen LogP contribution in [-0.2, 0) is 16.2 Å². The van der Waals surface area contributed by atoms with E-state index in [1.54, 1.807) is 48.5 Å². The molecule has 1 amide bonds. The number of quaternary nitrogens is 1. The Kier molecular flexibility index (Phi) is 8.08. The fourth-order valence-electron chi connectivity index (χ4n) is 4.29. The molecule has 0 spiro atoms. The Morgan fingerprint density at radius 3 is 2.28 bits per heavy atom. The summed E-state index contributed by atoms with van der Waals surface area (Å²) in [6.07, 6.45) is 0.709. The van der Waals surface area contributed by atoms with Crippen molar-refractivity contribution in [2.24, 2.45) is 0 Å². The van der Waals surface area contributed by atoms with E-state index in [-0.39, 0.29) is 5.57 Å². The lowest BCUT2D eigenvalue weighted by Gasteiger charge is -2.27. The molecule has 1 aliphatic heterocycles. The fourth-order valence-corrected chi connectivity index (χ4v) is 4.42. The fraction of sp³-hybridized carbons (Fsp3) is 0.241. The van der Waals surface area contributed by atoms with E-state index >= 15 is 0 Å². The van der Waals surface area contributed by atoms with Crippen LogP contribution in [0, 0.1) is 0 Å². The highest BCUT2D eigenvalue weighted by Gasteiger charge is 2.43. The van der Waals surface area contributed by atoms with Crippen molar-refractivity contribution in [2.75, 3.05) is 27.2 Å². The van der Waals surface area contributed by atoms with Gasteiger partial charge < -0.3 is 19.6 Å². The van der Waals surface area contributed by atoms with Gasteiger partial charge in [0.15, 0.2) is 0 Å². The molecule has 0 aliphatic carbocycles. The number of halogens is 1. The number of ether oxygens (including phenoxy) is 1. The van der Waals surface area contributed by atoms with Gasteiger partial charge >= 0.3 is 0 Å². The number of Topliss-reactive ketones (excluding diaryl/α,β-unsaturated/α-hetero) is 1. The van der Waals surface area contributed by atoms with Crippen LogP contribution in [0.15, 0.2) is 84.4 Å². The summed E-state index contributed by atoms with van der Waals surface area (Å²) in [5.41, 5.74) is 2.02. The second-order valence-electron chi connectivity index (χ2n) is 9.13. The van der Waals surface area contributed by atoms with Gasteiger partial charge in [0.2, 0.25) is 5.78 Å². The van der Waals surface area contributed by atoms with E-state index in [0.717, 1.165) is 12.1 Å². The molecule has 186 valence electrons. The Labute approximate surface area is 216 Å². The van der Waals surface area contributed by atoms with Gasteiger partial charge in [0, 0.05) is 23.6 Å². The molecule has 1 saturated heterocycles. The summed E-state index contributed by atoms with van der Waals surface area (Å²) in [6, 6.07) is 22.6. The zero-order chi connectivity index (χ0) is 25.7. The molecule has 0 saturated carbocycles. The number of ketones is 1. The topological polar surface area (TPSA) is 74.1 Å². The van der Waals surface area contributed by atoms with Crippen LogP contribution in [0.25, 0.3) is 5.76 Å². The van der Waals surface area contributed by atoms with Crippen molar-refractivity contribution in [2.45, 2.75) is 19.1 Å². The van der Waals surface area contributed by atoms with Crippen LogP contribution >= 0.6 is 11.6 Å². The highest BCUT2D eigenvalue weighted by molar-refractivity contribution is 6.46. The molecular weight excluding hydrogens is 476 g/mol. The average Bonchev–Trinajstić information content (AvgIpc) is 3.13. The third-order valence-electron chi connectivity index (χ3n) is 6.16. The number of hydrogen-bond donors (Lipinski definition) is 1. The summed E-state index contributed by atoms with van der Waals surface area (Å²) < 4.78 is 5.81. The number of carbonyl (C=O) groups is 2. The molecule has 1 aliphatic rings. The number of amides is 1. The second kappa shape index (κ2) is 11.4. The van der Waals surface area contributed by atoms with Gasteiger partial charge in [-0.1, -0.05) is 72.0 Å². The summed E-state index contributed by atoms with van der Waals surface area (Å²) in [5, 5.41) is 14.1. The van der Waals surface area contributed by atoms with Crippen molar-refractivity contribution in [3.05, 3.63) is 106 Å². The highest BCUT2D eigenvalue weighted by Crippen LogP contribution is 2.39. The SMILES string of the molecule is C[NH+](C)CCCN1C(=O)C(=O)C(=C([O-])c2ccc(OCc3ccccc3)cc2)C1c1ccc(Cl)cc1. The van der Waals surface area contributed by atoms with E-state index in [4.69, 9.17) is 16.3 Å². The molecule has 1 fully saturated rings. The van der Waals surface area contributed by atoms with Crippen molar-refractivity contribution >= 4 is 29.1 Å². The summed E-state index contributed by atoms with van der Waals surface area (Å²) in [6.45, 7) is 1.62. The lowest BCUT2D eigenvalue weighted by Crippen LogP contribution is -3.05. The zero-order valence-electron chi connectivity index (χ0n) is 20.4. The van der Waals surface area contributed by atoms with Crippen LogP contribution in [0.2, 0.25) is 5.02 Å². The van der Waals surface area contributed by atoms with E-state index in [0.29, 0.717) is 41.5 Å². The number of nitrogens with zero attached hydrogens (tertiary/aromatic N) is 1. The van der Waals surface area contributed by atoms with Crippen LogP contribution in [0.4, 0.5) is 0 Å². The molecule has 4 rings (SSSR count). The number of hydrogen-bond acceptors (Lipinski definition) is 4. The minimum atomic E-state index is -0.749. The Morgan fingerprint density at radius 2 is 1.64 bits per heavy atom. The average molecular weight is 505 g/mol. The van der Waals surface area contributed by atoms with Crippen LogP contribution in [0.5, 0.6) is 5.75 Å². The Hall–Kier alpha value is -3.61. The monoisotopic (exact) mass is 504 g/mol. The summed E-state index contributed by atoms with van der Waals surface area (Å²) >= 11 is 6.07. The van der Waals surface area contributed by atoms with Crippen molar-refractivity contribution in [1.82, 2.24) is 4.90 Å². The van der Waals surface area contributed by atoms with Gasteiger partial charge in [-0.15, -0.1) is 0 Å². The van der Waals surface area contributed by atoms with Crippen LogP contribution in [0.1, 0.15) is 29.2 Å². The normalized spacial score (nSPS) is 17.1. The molecule has 3 aromatic carbocycles. The van der Waals surface area contributed by atoms with Crippen LogP contribution in [0.3, 0.4) is 0 Å². The first-order valence-corrected chi connectivity index (χ1v) is 12.3. The van der Waals surface area contributed by atoms with Crippen molar-refractivity contribution < 1.29 is 24.3 Å². The molecule has 36 heavy (non-hydrogen) atoms. The van der Waals surface area contributed by atoms with Crippen LogP contribution < -0.4 is 14.7 Å². The lowest BCUT2D eigenvalue weighted by atomic mass is 9.95. The third kappa shape index (κ3) is 5.78. The molecule has 1 heterocycles. The maximum absolute atomic E-state index is 13.6. The van der Waals surface area contributed by atoms with E-state index in [2.05, 4.69) is 0 Å². The maximum Gasteiger partial charge on any atom is 0.295 e. The number of rotatable bonds is 9. The van der Waals surface area contributed by atoms with Gasteiger partial charge in [-0.3, -0.25) is 9.59 Å². The molecular formula is C29H29ClN2O4. The largest absolute Gasteiger partial charge is 0.872 e. The predicted octanol–water partition coefficient (Wildman–Crippen LogP) is 2.68. The minimum absolute atomic E-state index is 0.0301. The first kappa shape index (κ1) is 25.5. The highest BCUT2D eigenvalue weighted by atomic mass is 35.5. The molecule has 6 nitrogen and oxygen atoms in total. The first-order valence-electron chi connectivity index (χ1n) is 11.9. The summed E-state index contributed by atoms with van der Waals surface area (Å²) in [7, 11) is 4.06. The first-order chi connectivity index (χ1) is 17.3. The van der Waals surface area contributed by atoms with Gasteiger partial charge in [-0.25, -0.2) is 0 Å². The summed E-state index contributed by atoms with van der Waals surface area (Å²) in [5.74, 6) is -1.24. The molecule has 1 unspecified atom stereocenters. The Morgan fingerprint density at radius 1 is 0.972 bits per heavy atom. The van der Waals surface area contributed by atoms with Gasteiger partial charge in [0.05, 0.1) is 26.7 Å². The van der Waals surface area contributed by atoms with Gasteiger partial charge in [-0.05, 0) is 41.0 Å². The maximum atomic E-state index is 13.6. The number of carbonyl (C=O) groups excluding carboxylic acids is 2. The molecule has 1 atom stereocenters. The molecule has 7 heteroatoms. The van der Waals surface area contributed by atoms with Gasteiger partial charge in [0.25, 0.3) is 5.91 Å². The standard InChI is InChI=1S/C29H29ClN2O4/c1-31(2)17-6-18-32-26(21-9-13-23(30)14-10-21)25(28(34)29(32)35)27(33)22-11-15-24(16-12-22)36-19-20-7-4-3-5-8-20/h3-5,7-16,26,33H,6,17-19H2,1-2H3. The second-order valence-corrected chi connectivity index (χ2v) is 9.57. The van der Waals surface area contributed by atoms with E-state index < -0.39 is 23.5 Å².